The van der Waals surface area contributed by atoms with Gasteiger partial charge in [-0.15, -0.1) is 0 Å². The van der Waals surface area contributed by atoms with E-state index in [2.05, 4.69) is 12.2 Å². The smallest absolute Gasteiger partial charge is 0.157 e. The van der Waals surface area contributed by atoms with E-state index < -0.39 is 0 Å². The molecule has 3 rings (SSSR count). The van der Waals surface area contributed by atoms with Gasteiger partial charge in [0.15, 0.2) is 5.17 Å². The Bertz CT molecular complexity index is 301. The number of thioether (sulfide) groups is 1. The maximum atomic E-state index is 4.95. The van der Waals surface area contributed by atoms with Crippen LogP contribution in [0.15, 0.2) is 4.99 Å². The van der Waals surface area contributed by atoms with Gasteiger partial charge in [0, 0.05) is 11.3 Å². The van der Waals surface area contributed by atoms with Crippen LogP contribution >= 0.6 is 11.8 Å². The molecule has 3 fully saturated rings. The van der Waals surface area contributed by atoms with Crippen LogP contribution in [0.4, 0.5) is 0 Å². The van der Waals surface area contributed by atoms with Gasteiger partial charge in [-0.1, -0.05) is 37.4 Å². The molecule has 3 heteroatoms. The molecule has 1 saturated heterocycles. The molecule has 1 heterocycles. The first-order valence-corrected chi connectivity index (χ1v) is 8.25. The highest BCUT2D eigenvalue weighted by molar-refractivity contribution is 8.14. The minimum absolute atomic E-state index is 0.429. The Morgan fingerprint density at radius 3 is 2.65 bits per heavy atom. The molecule has 2 aliphatic carbocycles. The predicted octanol–water partition coefficient (Wildman–Crippen LogP) is 3.57. The van der Waals surface area contributed by atoms with E-state index in [0.29, 0.717) is 11.6 Å². The van der Waals surface area contributed by atoms with E-state index in [9.17, 15) is 0 Å². The molecule has 0 radical (unpaired) electrons. The molecule has 0 aromatic carbocycles. The molecule has 1 N–H and O–H groups in total. The summed E-state index contributed by atoms with van der Waals surface area (Å²) in [4.78, 5) is 4.95. The van der Waals surface area contributed by atoms with Crippen molar-refractivity contribution < 1.29 is 0 Å². The summed E-state index contributed by atoms with van der Waals surface area (Å²) in [7, 11) is 0. The van der Waals surface area contributed by atoms with Crippen LogP contribution in [-0.4, -0.2) is 22.5 Å². The Kier molecular flexibility index (Phi) is 3.38. The molecule has 2 nitrogen and oxygen atoms in total. The maximum Gasteiger partial charge on any atom is 0.157 e. The zero-order valence-electron chi connectivity index (χ0n) is 10.9. The Morgan fingerprint density at radius 1 is 1.24 bits per heavy atom. The van der Waals surface area contributed by atoms with E-state index in [1.807, 2.05) is 11.8 Å². The summed E-state index contributed by atoms with van der Waals surface area (Å²) < 4.78 is 0. The summed E-state index contributed by atoms with van der Waals surface area (Å²) in [5.41, 5.74) is 0.429. The number of nitrogens with one attached hydrogen (secondary N) is 1. The number of hydrogen-bond acceptors (Lipinski definition) is 2. The first-order valence-electron chi connectivity index (χ1n) is 7.26. The minimum atomic E-state index is 0.429. The number of nitrogens with zero attached hydrogens (tertiary/aromatic N) is 1. The number of aliphatic imine (C=N–C) groups is 1. The predicted molar refractivity (Wildman–Crippen MR) is 75.6 cm³/mol. The molecule has 17 heavy (non-hydrogen) atoms. The van der Waals surface area contributed by atoms with E-state index in [4.69, 9.17) is 4.99 Å². The molecular weight excluding hydrogens is 228 g/mol. The molecule has 2 saturated carbocycles. The van der Waals surface area contributed by atoms with Gasteiger partial charge >= 0.3 is 0 Å². The summed E-state index contributed by atoms with van der Waals surface area (Å²) in [6.07, 6.45) is 11.2. The van der Waals surface area contributed by atoms with Crippen molar-refractivity contribution in [2.75, 3.05) is 5.75 Å². The molecule has 96 valence electrons. The van der Waals surface area contributed by atoms with Gasteiger partial charge < -0.3 is 5.32 Å². The van der Waals surface area contributed by atoms with Gasteiger partial charge in [-0.05, 0) is 38.5 Å². The lowest BCUT2D eigenvalue weighted by atomic mass is 10.0. The third kappa shape index (κ3) is 2.49. The van der Waals surface area contributed by atoms with Crippen LogP contribution in [-0.2, 0) is 0 Å². The first-order chi connectivity index (χ1) is 8.27. The number of hydrogen-bond donors (Lipinski definition) is 1. The van der Waals surface area contributed by atoms with Crippen LogP contribution in [0.1, 0.15) is 58.3 Å². The van der Waals surface area contributed by atoms with Gasteiger partial charge in [0.25, 0.3) is 0 Å². The lowest BCUT2D eigenvalue weighted by molar-refractivity contribution is 0.440. The topological polar surface area (TPSA) is 24.4 Å². The lowest BCUT2D eigenvalue weighted by Crippen LogP contribution is -2.41. The molecule has 1 aliphatic heterocycles. The summed E-state index contributed by atoms with van der Waals surface area (Å²) in [6.45, 7) is 2.31. The zero-order chi connectivity index (χ0) is 11.7. The maximum absolute atomic E-state index is 4.95. The summed E-state index contributed by atoms with van der Waals surface area (Å²) >= 11 is 1.96. The second-order valence-electron chi connectivity index (χ2n) is 6.12. The fourth-order valence-electron chi connectivity index (χ4n) is 3.63. The lowest BCUT2D eigenvalue weighted by Gasteiger charge is -2.22. The van der Waals surface area contributed by atoms with Gasteiger partial charge in [-0.2, -0.15) is 0 Å². The zero-order valence-corrected chi connectivity index (χ0v) is 11.7. The fourth-order valence-corrected chi connectivity index (χ4v) is 4.93. The van der Waals surface area contributed by atoms with Gasteiger partial charge in [0.05, 0.1) is 6.04 Å². The van der Waals surface area contributed by atoms with E-state index in [-0.39, 0.29) is 0 Å². The molecule has 1 unspecified atom stereocenters. The quantitative estimate of drug-likeness (QED) is 0.812. The monoisotopic (exact) mass is 252 g/mol. The summed E-state index contributed by atoms with van der Waals surface area (Å²) in [5.74, 6) is 2.11. The van der Waals surface area contributed by atoms with Crippen molar-refractivity contribution in [1.29, 1.82) is 0 Å². The highest BCUT2D eigenvalue weighted by Crippen LogP contribution is 2.38. The normalized spacial score (nSPS) is 32.4. The molecule has 0 aromatic heterocycles. The van der Waals surface area contributed by atoms with Crippen molar-refractivity contribution >= 4 is 16.9 Å². The van der Waals surface area contributed by atoms with Crippen LogP contribution in [0.2, 0.25) is 0 Å². The Labute approximate surface area is 109 Å². The largest absolute Gasteiger partial charge is 0.359 e. The van der Waals surface area contributed by atoms with Crippen LogP contribution in [0.5, 0.6) is 0 Å². The Morgan fingerprint density at radius 2 is 1.94 bits per heavy atom. The molecular formula is C14H24N2S. The molecule has 0 amide bonds. The highest BCUT2D eigenvalue weighted by atomic mass is 32.2. The number of amidine groups is 1. The first kappa shape index (κ1) is 11.9. The van der Waals surface area contributed by atoms with Crippen molar-refractivity contribution in [1.82, 2.24) is 5.32 Å². The van der Waals surface area contributed by atoms with Gasteiger partial charge in [0.2, 0.25) is 0 Å². The SMILES string of the molecule is CC(N=C1NC2(CCCC2)CS1)C1CCCC1. The van der Waals surface area contributed by atoms with E-state index in [1.165, 1.54) is 62.3 Å². The van der Waals surface area contributed by atoms with Crippen LogP contribution < -0.4 is 5.32 Å². The van der Waals surface area contributed by atoms with Crippen molar-refractivity contribution in [3.05, 3.63) is 0 Å². The Hall–Kier alpha value is -0.180. The fraction of sp³-hybridized carbons (Fsp3) is 0.929. The van der Waals surface area contributed by atoms with Crippen molar-refractivity contribution in [2.45, 2.75) is 69.9 Å². The van der Waals surface area contributed by atoms with E-state index in [1.54, 1.807) is 0 Å². The third-order valence-corrected chi connectivity index (χ3v) is 6.00. The average molecular weight is 252 g/mol. The second kappa shape index (κ2) is 4.83. The van der Waals surface area contributed by atoms with Crippen LogP contribution in [0.25, 0.3) is 0 Å². The summed E-state index contributed by atoms with van der Waals surface area (Å²) in [5, 5.41) is 4.98. The third-order valence-electron chi connectivity index (χ3n) is 4.82. The molecule has 0 aromatic rings. The highest BCUT2D eigenvalue weighted by Gasteiger charge is 2.39. The van der Waals surface area contributed by atoms with Crippen molar-refractivity contribution in [3.8, 4) is 0 Å². The summed E-state index contributed by atoms with van der Waals surface area (Å²) in [6, 6.07) is 0.532. The Balaban J connectivity index is 1.61. The van der Waals surface area contributed by atoms with Gasteiger partial charge in [0.1, 0.15) is 0 Å². The second-order valence-corrected chi connectivity index (χ2v) is 7.08. The molecule has 0 bridgehead atoms. The van der Waals surface area contributed by atoms with Crippen LogP contribution in [0, 0.1) is 5.92 Å². The van der Waals surface area contributed by atoms with E-state index >= 15 is 0 Å². The molecule has 1 atom stereocenters. The molecule has 1 spiro atoms. The minimum Gasteiger partial charge on any atom is -0.359 e. The van der Waals surface area contributed by atoms with E-state index in [0.717, 1.165) is 5.92 Å². The molecule has 3 aliphatic rings. The van der Waals surface area contributed by atoms with Crippen LogP contribution in [0.3, 0.4) is 0 Å². The van der Waals surface area contributed by atoms with Gasteiger partial charge in [-0.25, -0.2) is 0 Å². The standard InChI is InChI=1S/C14H24N2S/c1-11(12-6-2-3-7-12)15-13-16-14(10-17-13)8-4-5-9-14/h11-12H,2-10H2,1H3,(H,15,16). The average Bonchev–Trinajstić information content (AvgIpc) is 3.04. The van der Waals surface area contributed by atoms with Gasteiger partial charge in [-0.3, -0.25) is 4.99 Å². The van der Waals surface area contributed by atoms with Crippen molar-refractivity contribution in [3.63, 3.8) is 0 Å². The van der Waals surface area contributed by atoms with Crippen molar-refractivity contribution in [2.24, 2.45) is 10.9 Å². The number of rotatable bonds is 2.